The molecule has 31 heavy (non-hydrogen) atoms. The normalized spacial score (nSPS) is 11.3. The minimum absolute atomic E-state index is 0.107. The molecule has 0 aliphatic heterocycles. The van der Waals surface area contributed by atoms with Gasteiger partial charge in [0.2, 0.25) is 15.9 Å². The van der Waals surface area contributed by atoms with E-state index in [2.05, 4.69) is 36.2 Å². The molecular weight excluding hydrogens is 434 g/mol. The number of carbonyl (C=O) groups is 1. The number of sulfonamides is 1. The molecule has 8 heteroatoms. The second-order valence-electron chi connectivity index (χ2n) is 7.48. The molecule has 0 saturated heterocycles. The van der Waals surface area contributed by atoms with E-state index in [1.165, 1.54) is 4.31 Å². The summed E-state index contributed by atoms with van der Waals surface area (Å²) in [5.41, 5.74) is 3.55. The zero-order valence-electron chi connectivity index (χ0n) is 18.7. The van der Waals surface area contributed by atoms with Gasteiger partial charge in [-0.15, -0.1) is 0 Å². The maximum atomic E-state index is 12.3. The lowest BCUT2D eigenvalue weighted by molar-refractivity contribution is -0.121. The average Bonchev–Trinajstić information content (AvgIpc) is 2.72. The number of anilines is 2. The van der Waals surface area contributed by atoms with Crippen LogP contribution in [0.15, 0.2) is 42.5 Å². The topological polar surface area (TPSA) is 69.7 Å². The van der Waals surface area contributed by atoms with E-state index >= 15 is 0 Å². The van der Waals surface area contributed by atoms with E-state index in [4.69, 9.17) is 11.6 Å². The molecule has 0 saturated carbocycles. The van der Waals surface area contributed by atoms with Crippen molar-refractivity contribution in [3.63, 3.8) is 0 Å². The monoisotopic (exact) mass is 465 g/mol. The number of nitrogens with one attached hydrogen (secondary N) is 1. The highest BCUT2D eigenvalue weighted by Gasteiger charge is 2.19. The molecule has 0 spiro atoms. The molecule has 170 valence electrons. The number of rotatable bonds is 11. The van der Waals surface area contributed by atoms with Gasteiger partial charge in [-0.1, -0.05) is 29.8 Å². The van der Waals surface area contributed by atoms with Crippen LogP contribution in [-0.4, -0.2) is 40.2 Å². The Bertz CT molecular complexity index is 974. The van der Waals surface area contributed by atoms with Crippen LogP contribution in [-0.2, 0) is 21.4 Å². The Morgan fingerprint density at radius 1 is 1.06 bits per heavy atom. The van der Waals surface area contributed by atoms with Gasteiger partial charge in [-0.25, -0.2) is 8.42 Å². The summed E-state index contributed by atoms with van der Waals surface area (Å²) in [6.45, 7) is 8.64. The Morgan fingerprint density at radius 2 is 1.71 bits per heavy atom. The Balaban J connectivity index is 1.89. The average molecular weight is 466 g/mol. The van der Waals surface area contributed by atoms with Gasteiger partial charge in [0.1, 0.15) is 0 Å². The number of aryl methyl sites for hydroxylation is 1. The molecule has 0 aromatic heterocycles. The number of carbonyl (C=O) groups excluding carboxylic acids is 1. The van der Waals surface area contributed by atoms with Crippen molar-refractivity contribution in [2.45, 2.75) is 40.2 Å². The summed E-state index contributed by atoms with van der Waals surface area (Å²) in [6.07, 6.45) is 1.81. The first-order valence-corrected chi connectivity index (χ1v) is 12.7. The van der Waals surface area contributed by atoms with E-state index in [1.807, 2.05) is 19.1 Å². The van der Waals surface area contributed by atoms with Crippen LogP contribution in [0.4, 0.5) is 11.4 Å². The van der Waals surface area contributed by atoms with Crippen LogP contribution in [0, 0.1) is 6.92 Å². The van der Waals surface area contributed by atoms with Crippen molar-refractivity contribution in [3.8, 4) is 0 Å². The van der Waals surface area contributed by atoms with Gasteiger partial charge in [-0.3, -0.25) is 9.10 Å². The predicted molar refractivity (Wildman–Crippen MR) is 129 cm³/mol. The Kier molecular flexibility index (Phi) is 9.19. The fourth-order valence-corrected chi connectivity index (χ4v) is 4.58. The molecular formula is C23H32ClN3O3S. The molecule has 2 rings (SSSR count). The number of halogens is 1. The van der Waals surface area contributed by atoms with E-state index in [9.17, 15) is 13.2 Å². The van der Waals surface area contributed by atoms with Gasteiger partial charge in [0.05, 0.1) is 11.9 Å². The fraction of sp³-hybridized carbons (Fsp3) is 0.435. The highest BCUT2D eigenvalue weighted by atomic mass is 35.5. The smallest absolute Gasteiger partial charge is 0.232 e. The molecule has 6 nitrogen and oxygen atoms in total. The first-order chi connectivity index (χ1) is 14.7. The van der Waals surface area contributed by atoms with Gasteiger partial charge in [0, 0.05) is 43.3 Å². The van der Waals surface area contributed by atoms with Crippen LogP contribution in [0.25, 0.3) is 0 Å². The van der Waals surface area contributed by atoms with Crippen LogP contribution < -0.4 is 14.5 Å². The van der Waals surface area contributed by atoms with Crippen LogP contribution in [0.3, 0.4) is 0 Å². The Hall–Kier alpha value is -2.25. The van der Waals surface area contributed by atoms with Crippen molar-refractivity contribution in [1.82, 2.24) is 5.32 Å². The fourth-order valence-electron chi connectivity index (χ4n) is 3.40. The lowest BCUT2D eigenvalue weighted by Crippen LogP contribution is -2.32. The second-order valence-corrected chi connectivity index (χ2v) is 9.83. The zero-order valence-corrected chi connectivity index (χ0v) is 20.3. The first kappa shape index (κ1) is 25.0. The minimum atomic E-state index is -3.49. The van der Waals surface area contributed by atoms with E-state index < -0.39 is 10.0 Å². The molecule has 0 fully saturated rings. The molecule has 0 heterocycles. The minimum Gasteiger partial charge on any atom is -0.372 e. The van der Waals surface area contributed by atoms with Crippen molar-refractivity contribution in [2.24, 2.45) is 0 Å². The summed E-state index contributed by atoms with van der Waals surface area (Å²) in [5, 5.41) is 3.38. The summed E-state index contributed by atoms with van der Waals surface area (Å²) in [4.78, 5) is 14.5. The van der Waals surface area contributed by atoms with Crippen LogP contribution in [0.2, 0.25) is 5.02 Å². The maximum Gasteiger partial charge on any atom is 0.232 e. The van der Waals surface area contributed by atoms with Crippen molar-refractivity contribution >= 4 is 38.9 Å². The standard InChI is InChI=1S/C23H32ClN3O3S/c1-5-26(6-2)21-13-10-19(11-14-21)17-25-23(28)8-7-15-27(31(4,29)30)22-16-20(24)12-9-18(22)3/h9-14,16H,5-8,15,17H2,1-4H3,(H,25,28). The molecule has 2 aromatic rings. The molecule has 1 N–H and O–H groups in total. The number of benzene rings is 2. The lowest BCUT2D eigenvalue weighted by atomic mass is 10.2. The molecule has 1 amide bonds. The maximum absolute atomic E-state index is 12.3. The van der Waals surface area contributed by atoms with Crippen LogP contribution in [0.5, 0.6) is 0 Å². The highest BCUT2D eigenvalue weighted by Crippen LogP contribution is 2.26. The molecule has 0 aliphatic rings. The summed E-state index contributed by atoms with van der Waals surface area (Å²) in [6, 6.07) is 13.3. The summed E-state index contributed by atoms with van der Waals surface area (Å²) in [7, 11) is -3.49. The summed E-state index contributed by atoms with van der Waals surface area (Å²) in [5.74, 6) is -0.107. The van der Waals surface area contributed by atoms with E-state index in [-0.39, 0.29) is 18.9 Å². The van der Waals surface area contributed by atoms with E-state index in [0.29, 0.717) is 23.7 Å². The van der Waals surface area contributed by atoms with Crippen molar-refractivity contribution in [1.29, 1.82) is 0 Å². The van der Waals surface area contributed by atoms with Gasteiger partial charge < -0.3 is 10.2 Å². The van der Waals surface area contributed by atoms with Gasteiger partial charge in [0.15, 0.2) is 0 Å². The molecule has 0 aliphatic carbocycles. The third-order valence-electron chi connectivity index (χ3n) is 5.16. The van der Waals surface area contributed by atoms with Crippen LogP contribution in [0.1, 0.15) is 37.8 Å². The van der Waals surface area contributed by atoms with Gasteiger partial charge in [-0.2, -0.15) is 0 Å². The highest BCUT2D eigenvalue weighted by molar-refractivity contribution is 7.92. The van der Waals surface area contributed by atoms with Crippen molar-refractivity contribution < 1.29 is 13.2 Å². The van der Waals surface area contributed by atoms with Gasteiger partial charge >= 0.3 is 0 Å². The zero-order chi connectivity index (χ0) is 23.0. The number of hydrogen-bond acceptors (Lipinski definition) is 4. The number of nitrogens with zero attached hydrogens (tertiary/aromatic N) is 2. The van der Waals surface area contributed by atoms with E-state index in [1.54, 1.807) is 18.2 Å². The molecule has 0 atom stereocenters. The van der Waals surface area contributed by atoms with Crippen molar-refractivity contribution in [2.75, 3.05) is 35.1 Å². The summed E-state index contributed by atoms with van der Waals surface area (Å²) >= 11 is 6.05. The predicted octanol–water partition coefficient (Wildman–Crippen LogP) is 4.36. The third kappa shape index (κ3) is 7.43. The number of amides is 1. The molecule has 0 radical (unpaired) electrons. The Morgan fingerprint density at radius 3 is 2.29 bits per heavy atom. The molecule has 0 bridgehead atoms. The molecule has 0 unspecified atom stereocenters. The van der Waals surface area contributed by atoms with Gasteiger partial charge in [0.25, 0.3) is 0 Å². The largest absolute Gasteiger partial charge is 0.372 e. The Labute approximate surface area is 191 Å². The first-order valence-electron chi connectivity index (χ1n) is 10.5. The second kappa shape index (κ2) is 11.4. The van der Waals surface area contributed by atoms with Crippen LogP contribution >= 0.6 is 11.6 Å². The quantitative estimate of drug-likeness (QED) is 0.535. The SMILES string of the molecule is CCN(CC)c1ccc(CNC(=O)CCCN(c2cc(Cl)ccc2C)S(C)(=O)=O)cc1. The summed E-state index contributed by atoms with van der Waals surface area (Å²) < 4.78 is 25.9. The lowest BCUT2D eigenvalue weighted by Gasteiger charge is -2.24. The van der Waals surface area contributed by atoms with Crippen molar-refractivity contribution in [3.05, 3.63) is 58.6 Å². The number of hydrogen-bond donors (Lipinski definition) is 1. The third-order valence-corrected chi connectivity index (χ3v) is 6.57. The van der Waals surface area contributed by atoms with Gasteiger partial charge in [-0.05, 0) is 62.6 Å². The van der Waals surface area contributed by atoms with E-state index in [0.717, 1.165) is 36.2 Å². The molecule has 2 aromatic carbocycles.